The molecule has 9 heteroatoms. The van der Waals surface area contributed by atoms with E-state index >= 15 is 0 Å². The lowest BCUT2D eigenvalue weighted by atomic mass is 10.1. The van der Waals surface area contributed by atoms with E-state index in [1.807, 2.05) is 0 Å². The number of amides is 2. The number of aromatic amines is 1. The first kappa shape index (κ1) is 18.7. The van der Waals surface area contributed by atoms with Gasteiger partial charge in [-0.3, -0.25) is 9.59 Å². The molecule has 6 nitrogen and oxygen atoms in total. The van der Waals surface area contributed by atoms with Crippen molar-refractivity contribution in [3.63, 3.8) is 0 Å². The zero-order chi connectivity index (χ0) is 19.8. The number of rotatable bonds is 4. The van der Waals surface area contributed by atoms with Gasteiger partial charge in [0.15, 0.2) is 0 Å². The molecule has 0 saturated carbocycles. The van der Waals surface area contributed by atoms with Gasteiger partial charge >= 0.3 is 0 Å². The van der Waals surface area contributed by atoms with Gasteiger partial charge in [-0.25, -0.2) is 9.37 Å². The van der Waals surface area contributed by atoms with Gasteiger partial charge in [0.1, 0.15) is 17.4 Å². The predicted molar refractivity (Wildman–Crippen MR) is 105 cm³/mol. The molecule has 2 N–H and O–H groups in total. The third-order valence-electron chi connectivity index (χ3n) is 4.69. The summed E-state index contributed by atoms with van der Waals surface area (Å²) in [6.45, 7) is 0.491. The van der Waals surface area contributed by atoms with Crippen LogP contribution in [0.4, 0.5) is 10.1 Å². The molecule has 1 fully saturated rings. The molecule has 3 aromatic rings. The van der Waals surface area contributed by atoms with Crippen molar-refractivity contribution in [1.29, 1.82) is 0 Å². The first-order valence-corrected chi connectivity index (χ1v) is 9.34. The highest BCUT2D eigenvalue weighted by Gasteiger charge is 2.37. The van der Waals surface area contributed by atoms with Gasteiger partial charge in [0.05, 0.1) is 16.9 Å². The molecule has 28 heavy (non-hydrogen) atoms. The average molecular weight is 421 g/mol. The minimum atomic E-state index is -0.804. The zero-order valence-electron chi connectivity index (χ0n) is 14.5. The van der Waals surface area contributed by atoms with Crippen molar-refractivity contribution in [2.75, 3.05) is 11.4 Å². The van der Waals surface area contributed by atoms with Crippen LogP contribution in [0, 0.1) is 11.7 Å². The monoisotopic (exact) mass is 420 g/mol. The molecular weight excluding hydrogens is 406 g/mol. The Balaban J connectivity index is 1.45. The molecule has 1 unspecified atom stereocenters. The standard InChI is InChI=1S/C19H15Cl2FN4O2/c20-11-3-10(4-12(22)5-11)7-25-18(27)14-1-2-26(19(14)28)13-6-15-16(21)9-24-17(15)23-8-13/h3-6,8-9,14H,1-2,7H2,(H,23,24)(H,25,27). The minimum absolute atomic E-state index is 0.0898. The van der Waals surface area contributed by atoms with Crippen LogP contribution in [0.25, 0.3) is 11.0 Å². The summed E-state index contributed by atoms with van der Waals surface area (Å²) in [5, 5.41) is 4.15. The highest BCUT2D eigenvalue weighted by molar-refractivity contribution is 6.35. The Morgan fingerprint density at radius 2 is 2.14 bits per heavy atom. The van der Waals surface area contributed by atoms with Crippen LogP contribution in [0.5, 0.6) is 0 Å². The molecule has 1 atom stereocenters. The Kier molecular flexibility index (Phi) is 4.95. The van der Waals surface area contributed by atoms with E-state index in [2.05, 4.69) is 15.3 Å². The van der Waals surface area contributed by atoms with Gasteiger partial charge in [-0.15, -0.1) is 0 Å². The summed E-state index contributed by atoms with van der Waals surface area (Å²) in [5.41, 5.74) is 1.74. The largest absolute Gasteiger partial charge is 0.351 e. The highest BCUT2D eigenvalue weighted by atomic mass is 35.5. The Bertz CT molecular complexity index is 1060. The van der Waals surface area contributed by atoms with Crippen molar-refractivity contribution in [3.05, 3.63) is 58.1 Å². The van der Waals surface area contributed by atoms with Crippen molar-refractivity contribution in [3.8, 4) is 0 Å². The molecule has 1 aromatic carbocycles. The third-order valence-corrected chi connectivity index (χ3v) is 5.22. The second kappa shape index (κ2) is 7.41. The first-order chi connectivity index (χ1) is 13.4. The summed E-state index contributed by atoms with van der Waals surface area (Å²) in [7, 11) is 0. The third kappa shape index (κ3) is 3.55. The fourth-order valence-corrected chi connectivity index (χ4v) is 3.76. The SMILES string of the molecule is O=C(NCc1cc(F)cc(Cl)c1)C1CCN(c2cnc3[nH]cc(Cl)c3c2)C1=O. The number of benzene rings is 1. The Labute approximate surface area is 169 Å². The van der Waals surface area contributed by atoms with Crippen molar-refractivity contribution in [1.82, 2.24) is 15.3 Å². The maximum absolute atomic E-state index is 13.4. The van der Waals surface area contributed by atoms with Gasteiger partial charge in [-0.2, -0.15) is 0 Å². The summed E-state index contributed by atoms with van der Waals surface area (Å²) in [6.07, 6.45) is 3.58. The molecule has 2 amide bonds. The molecular formula is C19H15Cl2FN4O2. The highest BCUT2D eigenvalue weighted by Crippen LogP contribution is 2.30. The van der Waals surface area contributed by atoms with Crippen LogP contribution in [0.1, 0.15) is 12.0 Å². The van der Waals surface area contributed by atoms with Gasteiger partial charge in [-0.1, -0.05) is 23.2 Å². The number of nitrogens with one attached hydrogen (secondary N) is 2. The van der Waals surface area contributed by atoms with E-state index in [1.54, 1.807) is 24.5 Å². The predicted octanol–water partition coefficient (Wildman–Crippen LogP) is 3.68. The van der Waals surface area contributed by atoms with Crippen LogP contribution in [0.15, 0.2) is 36.7 Å². The number of carbonyl (C=O) groups is 2. The number of hydrogen-bond donors (Lipinski definition) is 2. The van der Waals surface area contributed by atoms with Crippen LogP contribution in [-0.4, -0.2) is 28.3 Å². The molecule has 3 heterocycles. The van der Waals surface area contributed by atoms with E-state index in [0.717, 1.165) is 0 Å². The average Bonchev–Trinajstić information content (AvgIpc) is 3.22. The van der Waals surface area contributed by atoms with Crippen molar-refractivity contribution in [2.24, 2.45) is 5.92 Å². The molecule has 0 spiro atoms. The lowest BCUT2D eigenvalue weighted by molar-refractivity contribution is -0.132. The molecule has 4 rings (SSSR count). The van der Waals surface area contributed by atoms with Crippen LogP contribution in [0.3, 0.4) is 0 Å². The molecule has 1 aliphatic heterocycles. The summed E-state index contributed by atoms with van der Waals surface area (Å²) in [5.74, 6) is -1.99. The van der Waals surface area contributed by atoms with Gasteiger partial charge < -0.3 is 15.2 Å². The van der Waals surface area contributed by atoms with Crippen molar-refractivity contribution in [2.45, 2.75) is 13.0 Å². The number of carbonyl (C=O) groups excluding carboxylic acids is 2. The summed E-state index contributed by atoms with van der Waals surface area (Å²) < 4.78 is 13.4. The van der Waals surface area contributed by atoms with Gasteiger partial charge in [-0.05, 0) is 36.2 Å². The maximum Gasteiger partial charge on any atom is 0.239 e. The second-order valence-electron chi connectivity index (χ2n) is 6.55. The van der Waals surface area contributed by atoms with Crippen LogP contribution >= 0.6 is 23.2 Å². The molecule has 144 valence electrons. The molecule has 1 saturated heterocycles. The molecule has 1 aliphatic rings. The lowest BCUT2D eigenvalue weighted by Crippen LogP contribution is -2.36. The molecule has 0 radical (unpaired) electrons. The number of pyridine rings is 1. The topological polar surface area (TPSA) is 78.1 Å². The number of nitrogens with zero attached hydrogens (tertiary/aromatic N) is 2. The lowest BCUT2D eigenvalue weighted by Gasteiger charge is -2.16. The Morgan fingerprint density at radius 3 is 2.93 bits per heavy atom. The van der Waals surface area contributed by atoms with Gasteiger partial charge in [0.25, 0.3) is 0 Å². The van der Waals surface area contributed by atoms with Gasteiger partial charge in [0, 0.05) is 29.7 Å². The van der Waals surface area contributed by atoms with Crippen LogP contribution in [0.2, 0.25) is 10.0 Å². The summed E-state index contributed by atoms with van der Waals surface area (Å²) in [6, 6.07) is 5.81. The molecule has 0 aliphatic carbocycles. The molecule has 2 aromatic heterocycles. The van der Waals surface area contributed by atoms with Crippen molar-refractivity contribution < 1.29 is 14.0 Å². The number of hydrogen-bond acceptors (Lipinski definition) is 3. The van der Waals surface area contributed by atoms with E-state index in [1.165, 1.54) is 17.0 Å². The van der Waals surface area contributed by atoms with Crippen molar-refractivity contribution >= 4 is 51.7 Å². The van der Waals surface area contributed by atoms with E-state index in [9.17, 15) is 14.0 Å². The number of halogens is 3. The smallest absolute Gasteiger partial charge is 0.239 e. The van der Waals surface area contributed by atoms with E-state index in [4.69, 9.17) is 23.2 Å². The maximum atomic E-state index is 13.4. The number of fused-ring (bicyclic) bond motifs is 1. The normalized spacial score (nSPS) is 16.8. The van der Waals surface area contributed by atoms with E-state index < -0.39 is 17.6 Å². The van der Waals surface area contributed by atoms with Crippen LogP contribution in [-0.2, 0) is 16.1 Å². The number of anilines is 1. The number of aromatic nitrogens is 2. The van der Waals surface area contributed by atoms with Crippen LogP contribution < -0.4 is 10.2 Å². The first-order valence-electron chi connectivity index (χ1n) is 8.59. The Hall–Kier alpha value is -2.64. The fraction of sp³-hybridized carbons (Fsp3) is 0.211. The number of H-pyrrole nitrogens is 1. The van der Waals surface area contributed by atoms with E-state index in [0.29, 0.717) is 40.3 Å². The fourth-order valence-electron chi connectivity index (χ4n) is 3.31. The summed E-state index contributed by atoms with van der Waals surface area (Å²) >= 11 is 11.9. The van der Waals surface area contributed by atoms with Gasteiger partial charge in [0.2, 0.25) is 11.8 Å². The van der Waals surface area contributed by atoms with E-state index in [-0.39, 0.29) is 17.5 Å². The summed E-state index contributed by atoms with van der Waals surface area (Å²) in [4.78, 5) is 33.9. The zero-order valence-corrected chi connectivity index (χ0v) is 16.0. The minimum Gasteiger partial charge on any atom is -0.351 e. The Morgan fingerprint density at radius 1 is 1.32 bits per heavy atom. The molecule has 0 bridgehead atoms. The quantitative estimate of drug-likeness (QED) is 0.631. The second-order valence-corrected chi connectivity index (χ2v) is 7.40.